The second-order valence-electron chi connectivity index (χ2n) is 11.5. The number of nitrogens with zero attached hydrogens (tertiary/aromatic N) is 4. The quantitative estimate of drug-likeness (QED) is 0.435. The minimum Gasteiger partial charge on any atom is -0.480 e. The van der Waals surface area contributed by atoms with Crippen LogP contribution in [0.5, 0.6) is 5.75 Å². The zero-order chi connectivity index (χ0) is 27.1. The minimum atomic E-state index is -3.11. The van der Waals surface area contributed by atoms with Gasteiger partial charge in [-0.25, -0.2) is 13.8 Å². The van der Waals surface area contributed by atoms with Crippen molar-refractivity contribution in [1.82, 2.24) is 14.5 Å². The molecule has 7 rings (SSSR count). The Morgan fingerprint density at radius 3 is 2.82 bits per heavy atom. The number of hydrogen-bond acceptors (Lipinski definition) is 8. The Morgan fingerprint density at radius 2 is 2.08 bits per heavy atom. The molecule has 12 heteroatoms. The topological polar surface area (TPSA) is 105 Å². The molecule has 0 bridgehead atoms. The molecule has 3 fully saturated rings. The van der Waals surface area contributed by atoms with Crippen LogP contribution in [0.2, 0.25) is 5.02 Å². The number of β-amino-alcohol motifs (C(OH)–C–C–N with tert-alkyl or cyclic N) is 1. The molecule has 3 aromatic rings. The summed E-state index contributed by atoms with van der Waals surface area (Å²) >= 11 is 6.46. The predicted octanol–water partition coefficient (Wildman–Crippen LogP) is 4.29. The molecule has 1 unspecified atom stereocenters. The zero-order valence-corrected chi connectivity index (χ0v) is 22.1. The number of halogens is 3. The van der Waals surface area contributed by atoms with Crippen LogP contribution in [0.1, 0.15) is 32.1 Å². The third kappa shape index (κ3) is 4.35. The van der Waals surface area contributed by atoms with E-state index in [4.69, 9.17) is 16.3 Å². The summed E-state index contributed by atoms with van der Waals surface area (Å²) in [6, 6.07) is 4.20. The van der Waals surface area contributed by atoms with Crippen molar-refractivity contribution in [3.8, 4) is 5.75 Å². The molecule has 206 valence electrons. The average molecular weight is 559 g/mol. The highest BCUT2D eigenvalue weighted by molar-refractivity contribution is 6.33. The molecule has 4 heterocycles. The monoisotopic (exact) mass is 558 g/mol. The lowest BCUT2D eigenvalue weighted by Crippen LogP contribution is -2.45. The Kier molecular flexibility index (Phi) is 5.51. The van der Waals surface area contributed by atoms with Crippen LogP contribution in [0.15, 0.2) is 29.2 Å². The van der Waals surface area contributed by atoms with Crippen LogP contribution in [0.25, 0.3) is 10.9 Å². The van der Waals surface area contributed by atoms with Crippen molar-refractivity contribution in [2.24, 2.45) is 18.4 Å². The van der Waals surface area contributed by atoms with Gasteiger partial charge in [0.25, 0.3) is 5.56 Å². The van der Waals surface area contributed by atoms with Gasteiger partial charge in [-0.1, -0.05) is 11.6 Å². The van der Waals surface area contributed by atoms with Gasteiger partial charge in [-0.2, -0.15) is 4.98 Å². The molecule has 2 atom stereocenters. The molecule has 39 heavy (non-hydrogen) atoms. The summed E-state index contributed by atoms with van der Waals surface area (Å²) in [4.78, 5) is 24.1. The number of benzene rings is 1. The number of piperidine rings is 1. The molecule has 1 spiro atoms. The lowest BCUT2D eigenvalue weighted by Gasteiger charge is -2.36. The van der Waals surface area contributed by atoms with Crippen molar-refractivity contribution in [2.75, 3.05) is 35.2 Å². The van der Waals surface area contributed by atoms with Gasteiger partial charge >= 0.3 is 5.92 Å². The zero-order valence-electron chi connectivity index (χ0n) is 21.4. The number of nitrogens with one attached hydrogen (secondary N) is 2. The van der Waals surface area contributed by atoms with Crippen LogP contribution < -0.4 is 25.8 Å². The highest BCUT2D eigenvalue weighted by Gasteiger charge is 2.51. The summed E-state index contributed by atoms with van der Waals surface area (Å²) < 4.78 is 36.7. The second kappa shape index (κ2) is 8.66. The average Bonchev–Trinajstić information content (AvgIpc) is 3.83. The summed E-state index contributed by atoms with van der Waals surface area (Å²) in [7, 11) is 1.59. The molecular formula is C27H29ClF2N6O3. The molecule has 2 aromatic heterocycles. The number of anilines is 4. The normalized spacial score (nSPS) is 25.0. The predicted molar refractivity (Wildman–Crippen MR) is 145 cm³/mol. The van der Waals surface area contributed by atoms with Crippen LogP contribution in [0, 0.1) is 11.3 Å². The van der Waals surface area contributed by atoms with Crippen LogP contribution >= 0.6 is 11.6 Å². The van der Waals surface area contributed by atoms with Gasteiger partial charge < -0.3 is 29.9 Å². The molecular weight excluding hydrogens is 530 g/mol. The molecule has 1 saturated heterocycles. The second-order valence-corrected chi connectivity index (χ2v) is 11.9. The van der Waals surface area contributed by atoms with E-state index in [9.17, 15) is 18.7 Å². The van der Waals surface area contributed by atoms with Crippen molar-refractivity contribution in [3.63, 3.8) is 0 Å². The Morgan fingerprint density at radius 1 is 1.28 bits per heavy atom. The van der Waals surface area contributed by atoms with E-state index in [1.807, 2.05) is 4.90 Å². The highest BCUT2D eigenvalue weighted by Crippen LogP contribution is 2.52. The van der Waals surface area contributed by atoms with Crippen molar-refractivity contribution < 1.29 is 18.6 Å². The lowest BCUT2D eigenvalue weighted by atomic mass is 9.93. The fraction of sp³-hybridized carbons (Fsp3) is 0.519. The Hall–Kier alpha value is -3.18. The van der Waals surface area contributed by atoms with Gasteiger partial charge in [0, 0.05) is 31.2 Å². The van der Waals surface area contributed by atoms with Gasteiger partial charge in [-0.05, 0) is 61.6 Å². The highest BCUT2D eigenvalue weighted by atomic mass is 35.5. The van der Waals surface area contributed by atoms with E-state index in [2.05, 4.69) is 20.6 Å². The largest absolute Gasteiger partial charge is 0.480 e. The maximum Gasteiger partial charge on any atom is 0.301 e. The first-order chi connectivity index (χ1) is 18.6. The van der Waals surface area contributed by atoms with Crippen LogP contribution in [0.4, 0.5) is 31.9 Å². The van der Waals surface area contributed by atoms with Gasteiger partial charge in [0.05, 0.1) is 29.5 Å². The van der Waals surface area contributed by atoms with Crippen LogP contribution in [-0.4, -0.2) is 57.4 Å². The van der Waals surface area contributed by atoms with Crippen LogP contribution in [0.3, 0.4) is 0 Å². The number of aliphatic hydroxyl groups excluding tert-OH is 1. The van der Waals surface area contributed by atoms with Gasteiger partial charge in [0.1, 0.15) is 5.02 Å². The number of rotatable bonds is 4. The Bertz CT molecular complexity index is 1540. The number of aromatic nitrogens is 3. The van der Waals surface area contributed by atoms with Crippen molar-refractivity contribution in [2.45, 2.75) is 50.2 Å². The first-order valence-electron chi connectivity index (χ1n) is 13.3. The molecule has 9 nitrogen and oxygen atoms in total. The summed E-state index contributed by atoms with van der Waals surface area (Å²) in [5.41, 5.74) is 1.13. The number of aliphatic hydroxyl groups is 1. The fourth-order valence-corrected chi connectivity index (χ4v) is 6.20. The summed E-state index contributed by atoms with van der Waals surface area (Å²) in [5.74, 6) is -2.53. The van der Waals surface area contributed by atoms with Crippen molar-refractivity contribution in [1.29, 1.82) is 0 Å². The van der Waals surface area contributed by atoms with E-state index in [-0.39, 0.29) is 22.8 Å². The van der Waals surface area contributed by atoms with Gasteiger partial charge in [0.15, 0.2) is 12.4 Å². The smallest absolute Gasteiger partial charge is 0.301 e. The lowest BCUT2D eigenvalue weighted by molar-refractivity contribution is -0.0579. The Balaban J connectivity index is 1.25. The van der Waals surface area contributed by atoms with Crippen molar-refractivity contribution in [3.05, 3.63) is 39.8 Å². The molecule has 1 aromatic carbocycles. The number of pyridine rings is 1. The first kappa shape index (κ1) is 24.8. The summed E-state index contributed by atoms with van der Waals surface area (Å²) in [6.07, 6.45) is 5.51. The number of alkyl halides is 2. The summed E-state index contributed by atoms with van der Waals surface area (Å²) in [6.45, 7) is 0.399. The third-order valence-corrected chi connectivity index (χ3v) is 8.75. The van der Waals surface area contributed by atoms with E-state index in [1.165, 1.54) is 10.8 Å². The van der Waals surface area contributed by atoms with E-state index < -0.39 is 30.2 Å². The third-order valence-electron chi connectivity index (χ3n) is 8.47. The number of fused-ring (bicyclic) bond motifs is 3. The van der Waals surface area contributed by atoms with Crippen molar-refractivity contribution >= 4 is 45.6 Å². The molecule has 2 aliphatic heterocycles. The maximum atomic E-state index is 14.9. The molecule has 2 saturated carbocycles. The molecule has 4 aliphatic rings. The Labute approximate surface area is 228 Å². The number of ether oxygens (including phenoxy) is 1. The molecule has 2 aliphatic carbocycles. The van der Waals surface area contributed by atoms with E-state index in [0.29, 0.717) is 52.8 Å². The van der Waals surface area contributed by atoms with E-state index in [0.717, 1.165) is 25.8 Å². The van der Waals surface area contributed by atoms with Gasteiger partial charge in [-0.3, -0.25) is 4.79 Å². The minimum absolute atomic E-state index is 0.106. The maximum absolute atomic E-state index is 14.9. The molecule has 3 N–H and O–H groups in total. The number of hydrogen-bond donors (Lipinski definition) is 3. The van der Waals surface area contributed by atoms with E-state index >= 15 is 0 Å². The number of aryl methyl sites for hydroxylation is 1. The van der Waals surface area contributed by atoms with Gasteiger partial charge in [-0.15, -0.1) is 0 Å². The van der Waals surface area contributed by atoms with Gasteiger partial charge in [0.2, 0.25) is 11.7 Å². The first-order valence-corrected chi connectivity index (χ1v) is 13.7. The summed E-state index contributed by atoms with van der Waals surface area (Å²) in [5, 5.41) is 17.5. The SMILES string of the molecule is Cn1c(=O)c2c(c3cc(Nc4nc(N5CC(O)CC6(CC6)C5)ncc4Cl)ccc31)N[C@@H](C1CC1)C(F)(F)CO2. The van der Waals surface area contributed by atoms with E-state index in [1.54, 1.807) is 25.2 Å². The standard InChI is InChI=1S/C27H29ClF2N6O3/c1-35-19-5-4-15(8-17(19)20-21(24(35)38)39-13-27(29,30)22(33-20)14-2-3-14)32-23-18(28)10-31-25(34-23)36-11-16(37)9-26(12-36)6-7-26/h4-5,8,10,14,16,22,33,37H,2-3,6-7,9,11-13H2,1H3,(H,31,32,34)/t16?,22-/m0/s1. The van der Waals surface area contributed by atoms with Crippen LogP contribution in [-0.2, 0) is 7.05 Å². The molecule has 0 radical (unpaired) electrons. The fourth-order valence-electron chi connectivity index (χ4n) is 6.06. The molecule has 0 amide bonds.